The second-order valence-electron chi connectivity index (χ2n) is 12.0. The Morgan fingerprint density at radius 1 is 0.868 bits per heavy atom. The fourth-order valence-corrected chi connectivity index (χ4v) is 6.85. The van der Waals surface area contributed by atoms with E-state index in [2.05, 4.69) is 109 Å². The Kier molecular flexibility index (Phi) is 5.96. The van der Waals surface area contributed by atoms with Crippen LogP contribution in [0.4, 0.5) is 0 Å². The molecule has 3 aromatic carbocycles. The van der Waals surface area contributed by atoms with Crippen molar-refractivity contribution in [1.29, 1.82) is 0 Å². The van der Waals surface area contributed by atoms with Crippen LogP contribution in [-0.2, 0) is 11.8 Å². The number of pyridine rings is 1. The molecule has 0 unspecified atom stereocenters. The molecule has 0 spiro atoms. The Hall–Kier alpha value is -3.43. The first kappa shape index (κ1) is 24.9. The highest BCUT2D eigenvalue weighted by molar-refractivity contribution is 7.19. The van der Waals surface area contributed by atoms with Gasteiger partial charge in [0.1, 0.15) is 11.5 Å². The minimum atomic E-state index is 0.00945. The van der Waals surface area contributed by atoms with Gasteiger partial charge in [-0.05, 0) is 95.3 Å². The van der Waals surface area contributed by atoms with Crippen molar-refractivity contribution in [2.24, 2.45) is 5.92 Å². The standard InChI is InChI=1S/C35H35NOS/c1-20(2)16-28-22(4)38-31-13-12-24(18-29(28)31)33-21(3)26-14-15-36-32(34(26)37-33)25-17-23-10-8-9-11-27(23)30(19-25)35(5,6)7/h8-15,17-20H,16H2,1-7H3. The Labute approximate surface area is 229 Å². The number of rotatable bonds is 4. The lowest BCUT2D eigenvalue weighted by Gasteiger charge is -2.22. The van der Waals surface area contributed by atoms with Crippen LogP contribution < -0.4 is 0 Å². The molecule has 0 atom stereocenters. The molecule has 6 aromatic rings. The van der Waals surface area contributed by atoms with E-state index in [1.54, 1.807) is 0 Å². The topological polar surface area (TPSA) is 26.0 Å². The molecule has 2 nitrogen and oxygen atoms in total. The van der Waals surface area contributed by atoms with Gasteiger partial charge in [-0.3, -0.25) is 4.98 Å². The SMILES string of the molecule is Cc1sc2ccc(-c3oc4c(-c5cc(C(C)(C)C)c6ccccc6c5)nccc4c3C)cc2c1CC(C)C. The summed E-state index contributed by atoms with van der Waals surface area (Å²) in [6.07, 6.45) is 3.02. The molecule has 6 rings (SSSR count). The molecule has 3 heterocycles. The molecule has 0 amide bonds. The molecule has 0 N–H and O–H groups in total. The Morgan fingerprint density at radius 3 is 2.42 bits per heavy atom. The number of furan rings is 1. The van der Waals surface area contributed by atoms with E-state index in [4.69, 9.17) is 9.40 Å². The van der Waals surface area contributed by atoms with Crippen LogP contribution in [0.2, 0.25) is 0 Å². The zero-order valence-electron chi connectivity index (χ0n) is 23.4. The van der Waals surface area contributed by atoms with E-state index in [1.165, 1.54) is 36.9 Å². The van der Waals surface area contributed by atoms with Crippen LogP contribution in [0, 0.1) is 19.8 Å². The maximum Gasteiger partial charge on any atom is 0.161 e. The molecule has 192 valence electrons. The minimum Gasteiger partial charge on any atom is -0.453 e. The number of benzene rings is 3. The number of thiophene rings is 1. The predicted octanol–water partition coefficient (Wildman–Crippen LogP) is 10.6. The van der Waals surface area contributed by atoms with Crippen molar-refractivity contribution in [2.75, 3.05) is 0 Å². The summed E-state index contributed by atoms with van der Waals surface area (Å²) in [4.78, 5) is 6.28. The average Bonchev–Trinajstić information content (AvgIpc) is 3.38. The van der Waals surface area contributed by atoms with Gasteiger partial charge in [-0.15, -0.1) is 11.3 Å². The van der Waals surface area contributed by atoms with Crippen LogP contribution in [0.1, 0.15) is 56.2 Å². The van der Waals surface area contributed by atoms with Crippen molar-refractivity contribution in [1.82, 2.24) is 4.98 Å². The van der Waals surface area contributed by atoms with Crippen molar-refractivity contribution in [3.8, 4) is 22.6 Å². The molecule has 0 aliphatic heterocycles. The fourth-order valence-electron chi connectivity index (χ4n) is 5.77. The van der Waals surface area contributed by atoms with Crippen molar-refractivity contribution in [3.05, 3.63) is 88.4 Å². The van der Waals surface area contributed by atoms with E-state index < -0.39 is 0 Å². The van der Waals surface area contributed by atoms with Crippen LogP contribution >= 0.6 is 11.3 Å². The smallest absolute Gasteiger partial charge is 0.161 e. The maximum absolute atomic E-state index is 6.73. The Morgan fingerprint density at radius 2 is 1.66 bits per heavy atom. The van der Waals surface area contributed by atoms with Crippen LogP contribution in [0.25, 0.3) is 54.4 Å². The quantitative estimate of drug-likeness (QED) is 0.232. The van der Waals surface area contributed by atoms with Gasteiger partial charge in [-0.2, -0.15) is 0 Å². The third kappa shape index (κ3) is 4.14. The maximum atomic E-state index is 6.73. The minimum absolute atomic E-state index is 0.00945. The molecule has 0 radical (unpaired) electrons. The largest absolute Gasteiger partial charge is 0.453 e. The summed E-state index contributed by atoms with van der Waals surface area (Å²) in [6.45, 7) is 15.8. The number of aromatic nitrogens is 1. The average molecular weight is 518 g/mol. The van der Waals surface area contributed by atoms with E-state index >= 15 is 0 Å². The fraction of sp³-hybridized carbons (Fsp3) is 0.286. The van der Waals surface area contributed by atoms with Gasteiger partial charge in [0.15, 0.2) is 5.58 Å². The lowest BCUT2D eigenvalue weighted by molar-refractivity contribution is 0.596. The number of nitrogens with zero attached hydrogens (tertiary/aromatic N) is 1. The summed E-state index contributed by atoms with van der Waals surface area (Å²) in [7, 11) is 0. The first-order valence-corrected chi connectivity index (χ1v) is 14.4. The van der Waals surface area contributed by atoms with Crippen molar-refractivity contribution in [2.45, 2.75) is 60.3 Å². The van der Waals surface area contributed by atoms with Gasteiger partial charge in [0, 0.05) is 37.9 Å². The zero-order valence-corrected chi connectivity index (χ0v) is 24.2. The molecule has 0 aliphatic rings. The molecule has 0 bridgehead atoms. The van der Waals surface area contributed by atoms with Crippen LogP contribution in [0.5, 0.6) is 0 Å². The van der Waals surface area contributed by atoms with Crippen LogP contribution in [-0.4, -0.2) is 4.98 Å². The Balaban J connectivity index is 1.55. The summed E-state index contributed by atoms with van der Waals surface area (Å²) in [6, 6.07) is 22.1. The number of fused-ring (bicyclic) bond motifs is 3. The first-order chi connectivity index (χ1) is 18.1. The number of hydrogen-bond donors (Lipinski definition) is 0. The summed E-state index contributed by atoms with van der Waals surface area (Å²) in [5, 5.41) is 5.01. The van der Waals surface area contributed by atoms with Crippen molar-refractivity contribution >= 4 is 43.2 Å². The normalized spacial score (nSPS) is 12.4. The molecular formula is C35H35NOS. The molecule has 0 aliphatic carbocycles. The van der Waals surface area contributed by atoms with E-state index in [-0.39, 0.29) is 5.41 Å². The van der Waals surface area contributed by atoms with E-state index in [1.807, 2.05) is 17.5 Å². The van der Waals surface area contributed by atoms with Crippen LogP contribution in [0.3, 0.4) is 0 Å². The monoisotopic (exact) mass is 517 g/mol. The van der Waals surface area contributed by atoms with Gasteiger partial charge < -0.3 is 4.42 Å². The second-order valence-corrected chi connectivity index (χ2v) is 13.3. The van der Waals surface area contributed by atoms with Crippen molar-refractivity contribution < 1.29 is 4.42 Å². The van der Waals surface area contributed by atoms with E-state index in [0.29, 0.717) is 5.92 Å². The molecule has 3 heteroatoms. The summed E-state index contributed by atoms with van der Waals surface area (Å²) >= 11 is 1.90. The lowest BCUT2D eigenvalue weighted by Crippen LogP contribution is -2.12. The Bertz CT molecular complexity index is 1830. The summed E-state index contributed by atoms with van der Waals surface area (Å²) in [5.41, 5.74) is 7.97. The third-order valence-corrected chi connectivity index (χ3v) is 8.79. The molecule has 0 saturated carbocycles. The second kappa shape index (κ2) is 9.10. The number of aryl methyl sites for hydroxylation is 2. The molecule has 38 heavy (non-hydrogen) atoms. The highest BCUT2D eigenvalue weighted by atomic mass is 32.1. The van der Waals surface area contributed by atoms with Gasteiger partial charge in [-0.25, -0.2) is 0 Å². The molecular weight excluding hydrogens is 482 g/mol. The third-order valence-electron chi connectivity index (χ3n) is 7.66. The van der Waals surface area contributed by atoms with Gasteiger partial charge in [-0.1, -0.05) is 58.9 Å². The molecule has 0 fully saturated rings. The molecule has 3 aromatic heterocycles. The predicted molar refractivity (Wildman–Crippen MR) is 164 cm³/mol. The lowest BCUT2D eigenvalue weighted by atomic mass is 9.82. The number of hydrogen-bond acceptors (Lipinski definition) is 3. The van der Waals surface area contributed by atoms with E-state index in [0.717, 1.165) is 45.5 Å². The zero-order chi connectivity index (χ0) is 26.8. The highest BCUT2D eigenvalue weighted by Crippen LogP contribution is 2.42. The highest BCUT2D eigenvalue weighted by Gasteiger charge is 2.22. The van der Waals surface area contributed by atoms with Gasteiger partial charge in [0.25, 0.3) is 0 Å². The van der Waals surface area contributed by atoms with Gasteiger partial charge in [0.05, 0.1) is 0 Å². The van der Waals surface area contributed by atoms with E-state index in [9.17, 15) is 0 Å². The van der Waals surface area contributed by atoms with Crippen molar-refractivity contribution in [3.63, 3.8) is 0 Å². The summed E-state index contributed by atoms with van der Waals surface area (Å²) < 4.78 is 8.08. The first-order valence-electron chi connectivity index (χ1n) is 13.6. The van der Waals surface area contributed by atoms with Gasteiger partial charge >= 0.3 is 0 Å². The summed E-state index contributed by atoms with van der Waals surface area (Å²) in [5.74, 6) is 1.56. The van der Waals surface area contributed by atoms with Crippen LogP contribution in [0.15, 0.2) is 71.3 Å². The molecule has 0 saturated heterocycles. The van der Waals surface area contributed by atoms with Gasteiger partial charge in [0.2, 0.25) is 0 Å².